The molecule has 0 aromatic rings. The molecule has 0 bridgehead atoms. The van der Waals surface area contributed by atoms with E-state index < -0.39 is 18.2 Å². The Morgan fingerprint density at radius 2 is 2.19 bits per heavy atom. The van der Waals surface area contributed by atoms with E-state index in [4.69, 9.17) is 4.74 Å². The van der Waals surface area contributed by atoms with Gasteiger partial charge in [-0.25, -0.2) is 0 Å². The Kier molecular flexibility index (Phi) is 4.58. The van der Waals surface area contributed by atoms with Crippen LogP contribution in [0.25, 0.3) is 0 Å². The van der Waals surface area contributed by atoms with Crippen LogP contribution >= 0.6 is 0 Å². The van der Waals surface area contributed by atoms with Crippen LogP contribution in [0.3, 0.4) is 0 Å². The third-order valence-electron chi connectivity index (χ3n) is 3.16. The Hall–Kier alpha value is -0.330. The molecule has 16 heavy (non-hydrogen) atoms. The van der Waals surface area contributed by atoms with Crippen molar-refractivity contribution in [1.82, 2.24) is 0 Å². The zero-order valence-corrected chi connectivity index (χ0v) is 9.22. The summed E-state index contributed by atoms with van der Waals surface area (Å²) in [5.74, 6) is 0. The molecule has 1 saturated heterocycles. The molecule has 2 unspecified atom stereocenters. The van der Waals surface area contributed by atoms with E-state index in [1.807, 2.05) is 6.92 Å². The van der Waals surface area contributed by atoms with Gasteiger partial charge in [-0.2, -0.15) is 13.2 Å². The van der Waals surface area contributed by atoms with Gasteiger partial charge in [-0.05, 0) is 19.8 Å². The van der Waals surface area contributed by atoms with E-state index in [0.29, 0.717) is 19.4 Å². The summed E-state index contributed by atoms with van der Waals surface area (Å²) in [7, 11) is 0. The van der Waals surface area contributed by atoms with Crippen molar-refractivity contribution in [2.45, 2.75) is 32.0 Å². The van der Waals surface area contributed by atoms with E-state index in [1.54, 1.807) is 0 Å². The molecule has 0 radical (unpaired) electrons. The molecule has 1 N–H and O–H groups in total. The highest BCUT2D eigenvalue weighted by molar-refractivity contribution is 4.88. The summed E-state index contributed by atoms with van der Waals surface area (Å²) >= 11 is 0. The van der Waals surface area contributed by atoms with Gasteiger partial charge in [0, 0.05) is 18.6 Å². The van der Waals surface area contributed by atoms with Gasteiger partial charge in [0.25, 0.3) is 0 Å². The lowest BCUT2D eigenvalue weighted by Gasteiger charge is -2.29. The maximum absolute atomic E-state index is 11.8. The van der Waals surface area contributed by atoms with Gasteiger partial charge in [0.15, 0.2) is 0 Å². The van der Waals surface area contributed by atoms with Gasteiger partial charge in [0.05, 0.1) is 12.7 Å². The molecule has 0 aliphatic carbocycles. The van der Waals surface area contributed by atoms with E-state index in [-0.39, 0.29) is 19.3 Å². The molecule has 3 nitrogen and oxygen atoms in total. The van der Waals surface area contributed by atoms with E-state index in [0.717, 1.165) is 0 Å². The monoisotopic (exact) mass is 242 g/mol. The molecule has 0 aromatic carbocycles. The molecular weight excluding hydrogens is 225 g/mol. The van der Waals surface area contributed by atoms with Crippen LogP contribution in [-0.4, -0.2) is 43.8 Å². The zero-order valence-electron chi connectivity index (χ0n) is 9.22. The first-order valence-electron chi connectivity index (χ1n) is 5.27. The summed E-state index contributed by atoms with van der Waals surface area (Å²) in [6.45, 7) is 1.05. The molecule has 2 atom stereocenters. The normalized spacial score (nSPS) is 30.9. The van der Waals surface area contributed by atoms with Gasteiger partial charge in [0.1, 0.15) is 6.61 Å². The van der Waals surface area contributed by atoms with E-state index in [9.17, 15) is 18.3 Å². The summed E-state index contributed by atoms with van der Waals surface area (Å²) < 4.78 is 45.3. The molecular formula is C10H17F3O3. The molecule has 0 spiro atoms. The molecule has 1 heterocycles. The summed E-state index contributed by atoms with van der Waals surface area (Å²) in [4.78, 5) is 0. The lowest BCUT2D eigenvalue weighted by molar-refractivity contribution is -0.176. The Bertz CT molecular complexity index is 220. The quantitative estimate of drug-likeness (QED) is 0.746. The van der Waals surface area contributed by atoms with Crippen LogP contribution in [0.15, 0.2) is 0 Å². The second kappa shape index (κ2) is 5.33. The number of aliphatic hydroxyl groups excluding tert-OH is 1. The van der Waals surface area contributed by atoms with Crippen LogP contribution < -0.4 is 0 Å². The van der Waals surface area contributed by atoms with Crippen LogP contribution in [0.4, 0.5) is 13.2 Å². The third kappa shape index (κ3) is 3.61. The number of hydrogen-bond donors (Lipinski definition) is 1. The first kappa shape index (κ1) is 13.7. The van der Waals surface area contributed by atoms with Crippen molar-refractivity contribution in [1.29, 1.82) is 0 Å². The largest absolute Gasteiger partial charge is 0.411 e. The van der Waals surface area contributed by atoms with Crippen LogP contribution in [-0.2, 0) is 9.47 Å². The summed E-state index contributed by atoms with van der Waals surface area (Å²) in [6.07, 6.45) is -3.36. The Labute approximate surface area is 92.5 Å². The standard InChI is InChI=1S/C10H17F3O3/c1-8-9(6-14,3-5-16-8)2-4-15-7-10(11,12)13/h8,14H,2-7H2,1H3. The maximum atomic E-state index is 11.8. The predicted octanol–water partition coefficient (Wildman–Crippen LogP) is 1.74. The highest BCUT2D eigenvalue weighted by Crippen LogP contribution is 2.37. The van der Waals surface area contributed by atoms with Gasteiger partial charge < -0.3 is 14.6 Å². The summed E-state index contributed by atoms with van der Waals surface area (Å²) in [5, 5.41) is 9.29. The molecule has 1 aliphatic rings. The van der Waals surface area contributed by atoms with Crippen molar-refractivity contribution in [3.05, 3.63) is 0 Å². The molecule has 1 fully saturated rings. The Morgan fingerprint density at radius 1 is 1.50 bits per heavy atom. The van der Waals surface area contributed by atoms with Crippen molar-refractivity contribution in [2.24, 2.45) is 5.41 Å². The minimum Gasteiger partial charge on any atom is -0.396 e. The molecule has 6 heteroatoms. The number of aliphatic hydroxyl groups is 1. The molecule has 0 aromatic heterocycles. The fourth-order valence-corrected chi connectivity index (χ4v) is 1.90. The average molecular weight is 242 g/mol. The van der Waals surface area contributed by atoms with E-state index in [1.165, 1.54) is 0 Å². The van der Waals surface area contributed by atoms with E-state index in [2.05, 4.69) is 4.74 Å². The minimum atomic E-state index is -4.29. The molecule has 0 amide bonds. The van der Waals surface area contributed by atoms with Crippen molar-refractivity contribution in [3.63, 3.8) is 0 Å². The lowest BCUT2D eigenvalue weighted by atomic mass is 9.80. The zero-order chi connectivity index (χ0) is 12.2. The van der Waals surface area contributed by atoms with Crippen molar-refractivity contribution in [2.75, 3.05) is 26.4 Å². The second-order valence-electron chi connectivity index (χ2n) is 4.20. The molecule has 0 saturated carbocycles. The van der Waals surface area contributed by atoms with Crippen LogP contribution in [0, 0.1) is 5.41 Å². The number of rotatable bonds is 5. The Morgan fingerprint density at radius 3 is 2.62 bits per heavy atom. The van der Waals surface area contributed by atoms with Crippen molar-refractivity contribution >= 4 is 0 Å². The average Bonchev–Trinajstić information content (AvgIpc) is 2.54. The topological polar surface area (TPSA) is 38.7 Å². The third-order valence-corrected chi connectivity index (χ3v) is 3.16. The number of alkyl halides is 3. The maximum Gasteiger partial charge on any atom is 0.411 e. The fraction of sp³-hybridized carbons (Fsp3) is 1.00. The predicted molar refractivity (Wildman–Crippen MR) is 51.0 cm³/mol. The SMILES string of the molecule is CC1OCCC1(CO)CCOCC(F)(F)F. The first-order chi connectivity index (χ1) is 7.40. The van der Waals surface area contributed by atoms with Crippen LogP contribution in [0.1, 0.15) is 19.8 Å². The highest BCUT2D eigenvalue weighted by atomic mass is 19.4. The van der Waals surface area contributed by atoms with Crippen LogP contribution in [0.5, 0.6) is 0 Å². The second-order valence-corrected chi connectivity index (χ2v) is 4.20. The fourth-order valence-electron chi connectivity index (χ4n) is 1.90. The smallest absolute Gasteiger partial charge is 0.396 e. The summed E-state index contributed by atoms with van der Waals surface area (Å²) in [5.41, 5.74) is -0.439. The molecule has 96 valence electrons. The van der Waals surface area contributed by atoms with Crippen LogP contribution in [0.2, 0.25) is 0 Å². The number of ether oxygens (including phenoxy) is 2. The van der Waals surface area contributed by atoms with Crippen molar-refractivity contribution in [3.8, 4) is 0 Å². The first-order valence-corrected chi connectivity index (χ1v) is 5.27. The molecule has 1 rings (SSSR count). The number of halogens is 3. The van der Waals surface area contributed by atoms with E-state index >= 15 is 0 Å². The van der Waals surface area contributed by atoms with Gasteiger partial charge in [-0.3, -0.25) is 0 Å². The lowest BCUT2D eigenvalue weighted by Crippen LogP contribution is -2.34. The Balaban J connectivity index is 2.30. The van der Waals surface area contributed by atoms with Gasteiger partial charge in [-0.15, -0.1) is 0 Å². The van der Waals surface area contributed by atoms with Gasteiger partial charge in [-0.1, -0.05) is 0 Å². The van der Waals surface area contributed by atoms with Gasteiger partial charge >= 0.3 is 6.18 Å². The van der Waals surface area contributed by atoms with Gasteiger partial charge in [0.2, 0.25) is 0 Å². The molecule has 1 aliphatic heterocycles. The van der Waals surface area contributed by atoms with Crippen molar-refractivity contribution < 1.29 is 27.8 Å². The summed E-state index contributed by atoms with van der Waals surface area (Å²) in [6, 6.07) is 0. The highest BCUT2D eigenvalue weighted by Gasteiger charge is 2.40. The minimum absolute atomic E-state index is 0.00618. The number of hydrogen-bond acceptors (Lipinski definition) is 3.